The molecular formula is C14H13ClN4O4S. The lowest BCUT2D eigenvalue weighted by Crippen LogP contribution is -2.24. The largest absolute Gasteiger partial charge is 0.454 e. The van der Waals surface area contributed by atoms with Crippen LogP contribution in [-0.2, 0) is 9.84 Å². The summed E-state index contributed by atoms with van der Waals surface area (Å²) in [5.41, 5.74) is 10.3. The molecule has 1 heterocycles. The molecule has 1 amide bonds. The summed E-state index contributed by atoms with van der Waals surface area (Å²) in [4.78, 5) is 18.9. The summed E-state index contributed by atoms with van der Waals surface area (Å²) in [6.45, 7) is 0. The van der Waals surface area contributed by atoms with E-state index in [4.69, 9.17) is 27.8 Å². The fraction of sp³-hybridized carbons (Fsp3) is 0.0714. The van der Waals surface area contributed by atoms with Crippen LogP contribution in [-0.4, -0.2) is 31.5 Å². The topological polar surface area (TPSA) is 138 Å². The lowest BCUT2D eigenvalue weighted by molar-refractivity contribution is 0.100. The van der Waals surface area contributed by atoms with Crippen molar-refractivity contribution in [3.05, 3.63) is 47.2 Å². The van der Waals surface area contributed by atoms with Gasteiger partial charge in [-0.25, -0.2) is 8.42 Å². The van der Waals surface area contributed by atoms with Crippen LogP contribution in [0.1, 0.15) is 10.4 Å². The highest BCUT2D eigenvalue weighted by molar-refractivity contribution is 7.90. The van der Waals surface area contributed by atoms with E-state index >= 15 is 0 Å². The average Bonchev–Trinajstić information content (AvgIpc) is 2.45. The van der Waals surface area contributed by atoms with Crippen molar-refractivity contribution in [2.45, 2.75) is 4.90 Å². The molecule has 0 aliphatic rings. The Morgan fingerprint density at radius 3 is 2.54 bits per heavy atom. The van der Waals surface area contributed by atoms with Gasteiger partial charge in [0.25, 0.3) is 5.91 Å². The number of nitrogens with two attached hydrogens (primary N) is 2. The van der Waals surface area contributed by atoms with Crippen LogP contribution in [0.25, 0.3) is 0 Å². The van der Waals surface area contributed by atoms with Crippen LogP contribution in [0.3, 0.4) is 0 Å². The highest BCUT2D eigenvalue weighted by Gasteiger charge is 2.18. The van der Waals surface area contributed by atoms with Gasteiger partial charge in [0, 0.05) is 24.1 Å². The van der Waals surface area contributed by atoms with Gasteiger partial charge >= 0.3 is 0 Å². The summed E-state index contributed by atoms with van der Waals surface area (Å²) >= 11 is 5.81. The van der Waals surface area contributed by atoms with Gasteiger partial charge in [-0.15, -0.1) is 0 Å². The van der Waals surface area contributed by atoms with E-state index in [0.717, 1.165) is 12.3 Å². The molecule has 0 saturated heterocycles. The number of carbonyl (C=O) groups is 1. The Balaban J connectivity index is 2.49. The van der Waals surface area contributed by atoms with Gasteiger partial charge in [0.2, 0.25) is 0 Å². The molecule has 10 heteroatoms. The summed E-state index contributed by atoms with van der Waals surface area (Å²) in [5.74, 6) is -0.930. The third kappa shape index (κ3) is 4.43. The monoisotopic (exact) mass is 368 g/mol. The van der Waals surface area contributed by atoms with Crippen LogP contribution in [0.2, 0.25) is 5.02 Å². The molecule has 4 N–H and O–H groups in total. The van der Waals surface area contributed by atoms with Crippen molar-refractivity contribution in [3.63, 3.8) is 0 Å². The summed E-state index contributed by atoms with van der Waals surface area (Å²) in [6, 6.07) is 5.28. The van der Waals surface area contributed by atoms with E-state index in [9.17, 15) is 13.2 Å². The van der Waals surface area contributed by atoms with Crippen molar-refractivity contribution in [2.24, 2.45) is 16.5 Å². The average molecular weight is 369 g/mol. The van der Waals surface area contributed by atoms with Crippen LogP contribution in [0.4, 0.5) is 0 Å². The number of guanidine groups is 1. The van der Waals surface area contributed by atoms with Crippen molar-refractivity contribution in [1.82, 2.24) is 4.98 Å². The molecule has 126 valence electrons. The van der Waals surface area contributed by atoms with Crippen LogP contribution < -0.4 is 16.2 Å². The second-order valence-electron chi connectivity index (χ2n) is 4.72. The highest BCUT2D eigenvalue weighted by atomic mass is 35.5. The van der Waals surface area contributed by atoms with Gasteiger partial charge in [0.1, 0.15) is 16.4 Å². The smallest absolute Gasteiger partial charge is 0.280 e. The summed E-state index contributed by atoms with van der Waals surface area (Å²) in [7, 11) is -3.69. The number of hydrogen-bond acceptors (Lipinski definition) is 5. The SMILES string of the molecule is CS(=O)(=O)c1cc(C(=O)N=C(N)N)ccc1Oc1cncc(Cl)c1. The molecule has 0 spiro atoms. The molecule has 0 fully saturated rings. The molecule has 2 rings (SSSR count). The van der Waals surface area contributed by atoms with Gasteiger partial charge in [-0.3, -0.25) is 9.78 Å². The number of hydrogen-bond donors (Lipinski definition) is 2. The third-order valence-corrected chi connectivity index (χ3v) is 4.05. The Kier molecular flexibility index (Phi) is 5.05. The minimum absolute atomic E-state index is 0.000365. The second-order valence-corrected chi connectivity index (χ2v) is 7.14. The molecule has 0 atom stereocenters. The van der Waals surface area contributed by atoms with E-state index in [2.05, 4.69) is 9.98 Å². The number of benzene rings is 1. The third-order valence-electron chi connectivity index (χ3n) is 2.73. The fourth-order valence-electron chi connectivity index (χ4n) is 1.77. The summed E-state index contributed by atoms with van der Waals surface area (Å²) in [5, 5.41) is 0.327. The number of amides is 1. The molecule has 0 aliphatic carbocycles. The minimum Gasteiger partial charge on any atom is -0.454 e. The first-order valence-electron chi connectivity index (χ1n) is 6.43. The predicted molar refractivity (Wildman–Crippen MR) is 89.0 cm³/mol. The van der Waals surface area contributed by atoms with Crippen molar-refractivity contribution in [3.8, 4) is 11.5 Å². The Bertz CT molecular complexity index is 924. The van der Waals surface area contributed by atoms with Crippen LogP contribution >= 0.6 is 11.6 Å². The summed E-state index contributed by atoms with van der Waals surface area (Å²) in [6.07, 6.45) is 3.76. The van der Waals surface area contributed by atoms with Crippen molar-refractivity contribution in [1.29, 1.82) is 0 Å². The number of aromatic nitrogens is 1. The number of aliphatic imine (C=N–C) groups is 1. The van der Waals surface area contributed by atoms with Gasteiger partial charge < -0.3 is 16.2 Å². The van der Waals surface area contributed by atoms with Gasteiger partial charge in [0.15, 0.2) is 15.8 Å². The van der Waals surface area contributed by atoms with E-state index in [1.54, 1.807) is 0 Å². The number of pyridine rings is 1. The zero-order valence-electron chi connectivity index (χ0n) is 12.4. The maximum absolute atomic E-state index is 12.0. The Labute approximate surface area is 143 Å². The molecule has 0 saturated carbocycles. The molecule has 1 aromatic heterocycles. The van der Waals surface area contributed by atoms with E-state index in [-0.39, 0.29) is 22.0 Å². The van der Waals surface area contributed by atoms with Gasteiger partial charge in [-0.05, 0) is 18.2 Å². The Morgan fingerprint density at radius 1 is 1.25 bits per heavy atom. The first kappa shape index (κ1) is 17.7. The fourth-order valence-corrected chi connectivity index (χ4v) is 2.75. The zero-order chi connectivity index (χ0) is 17.9. The van der Waals surface area contributed by atoms with E-state index in [1.807, 2.05) is 0 Å². The highest BCUT2D eigenvalue weighted by Crippen LogP contribution is 2.30. The molecule has 0 bridgehead atoms. The van der Waals surface area contributed by atoms with Crippen molar-refractivity contribution >= 4 is 33.3 Å². The number of nitrogens with zero attached hydrogens (tertiary/aromatic N) is 2. The normalized spacial score (nSPS) is 10.9. The van der Waals surface area contributed by atoms with Crippen LogP contribution in [0, 0.1) is 0 Å². The van der Waals surface area contributed by atoms with Crippen molar-refractivity contribution < 1.29 is 17.9 Å². The number of ether oxygens (including phenoxy) is 1. The Morgan fingerprint density at radius 2 is 1.96 bits per heavy atom. The predicted octanol–water partition coefficient (Wildman–Crippen LogP) is 1.34. The zero-order valence-corrected chi connectivity index (χ0v) is 14.0. The number of carbonyl (C=O) groups excluding carboxylic acids is 1. The van der Waals surface area contributed by atoms with Gasteiger partial charge in [-0.2, -0.15) is 4.99 Å². The maximum atomic E-state index is 12.0. The number of halogens is 1. The van der Waals surface area contributed by atoms with E-state index < -0.39 is 21.7 Å². The molecule has 0 unspecified atom stereocenters. The first-order chi connectivity index (χ1) is 11.2. The number of sulfone groups is 1. The summed E-state index contributed by atoms with van der Waals surface area (Å²) < 4.78 is 29.5. The van der Waals surface area contributed by atoms with Crippen LogP contribution in [0.15, 0.2) is 46.5 Å². The standard InChI is InChI=1S/C14H13ClN4O4S/c1-24(21,22)12-4-8(13(20)19-14(16)17)2-3-11(12)23-10-5-9(15)6-18-7-10/h2-7H,1H3,(H4,16,17,19,20). The van der Waals surface area contributed by atoms with E-state index in [1.165, 1.54) is 30.6 Å². The van der Waals surface area contributed by atoms with Crippen LogP contribution in [0.5, 0.6) is 11.5 Å². The minimum atomic E-state index is -3.69. The first-order valence-corrected chi connectivity index (χ1v) is 8.70. The Hall–Kier alpha value is -2.65. The van der Waals surface area contributed by atoms with Gasteiger partial charge in [-0.1, -0.05) is 11.6 Å². The van der Waals surface area contributed by atoms with Crippen molar-refractivity contribution in [2.75, 3.05) is 6.26 Å². The maximum Gasteiger partial charge on any atom is 0.280 e. The molecule has 2 aromatic rings. The molecule has 0 radical (unpaired) electrons. The molecule has 1 aromatic carbocycles. The molecule has 0 aliphatic heterocycles. The molecular weight excluding hydrogens is 356 g/mol. The van der Waals surface area contributed by atoms with Gasteiger partial charge in [0.05, 0.1) is 11.2 Å². The number of rotatable bonds is 4. The molecule has 24 heavy (non-hydrogen) atoms. The quantitative estimate of drug-likeness (QED) is 0.613. The molecule has 8 nitrogen and oxygen atoms in total. The lowest BCUT2D eigenvalue weighted by Gasteiger charge is -2.11. The van der Waals surface area contributed by atoms with E-state index in [0.29, 0.717) is 5.02 Å². The second kappa shape index (κ2) is 6.85. The lowest BCUT2D eigenvalue weighted by atomic mass is 10.2.